The third kappa shape index (κ3) is 7.34. The number of rotatable bonds is 10. The van der Waals surface area contributed by atoms with Crippen molar-refractivity contribution in [3.05, 3.63) is 84.8 Å². The summed E-state index contributed by atoms with van der Waals surface area (Å²) in [6, 6.07) is 7.07. The third-order valence-corrected chi connectivity index (χ3v) is 3.91. The average molecular weight is 399 g/mol. The molecule has 0 aliphatic rings. The second-order valence-corrected chi connectivity index (χ2v) is 6.23. The highest BCUT2D eigenvalue weighted by Gasteiger charge is 2.10. The van der Waals surface area contributed by atoms with Crippen molar-refractivity contribution in [1.82, 2.24) is 14.7 Å². The summed E-state index contributed by atoms with van der Waals surface area (Å²) in [7, 11) is 0. The van der Waals surface area contributed by atoms with Gasteiger partial charge in [-0.1, -0.05) is 36.8 Å². The van der Waals surface area contributed by atoms with Gasteiger partial charge in [-0.05, 0) is 36.6 Å². The molecule has 0 saturated heterocycles. The summed E-state index contributed by atoms with van der Waals surface area (Å²) in [4.78, 5) is 20.5. The zero-order valence-corrected chi connectivity index (χ0v) is 16.3. The van der Waals surface area contributed by atoms with Crippen LogP contribution in [0.5, 0.6) is 0 Å². The number of hydrogen-bond acceptors (Lipinski definition) is 6. The quantitative estimate of drug-likeness (QED) is 0.241. The second-order valence-electron chi connectivity index (χ2n) is 5.53. The van der Waals surface area contributed by atoms with Gasteiger partial charge in [-0.3, -0.25) is 9.52 Å². The van der Waals surface area contributed by atoms with E-state index < -0.39 is 5.91 Å². The Morgan fingerprint density at radius 1 is 1.21 bits per heavy atom. The summed E-state index contributed by atoms with van der Waals surface area (Å²) >= 11 is 1.56. The van der Waals surface area contributed by atoms with Crippen LogP contribution in [0, 0.1) is 5.82 Å². The minimum absolute atomic E-state index is 0.194. The summed E-state index contributed by atoms with van der Waals surface area (Å²) in [5.74, 6) is -0.288. The van der Waals surface area contributed by atoms with E-state index >= 15 is 0 Å². The second kappa shape index (κ2) is 11.7. The van der Waals surface area contributed by atoms with Crippen LogP contribution in [0.15, 0.2) is 73.2 Å². The van der Waals surface area contributed by atoms with Gasteiger partial charge in [0.05, 0.1) is 0 Å². The first-order valence-electron chi connectivity index (χ1n) is 8.51. The van der Waals surface area contributed by atoms with Crippen LogP contribution in [0.4, 0.5) is 15.9 Å². The highest BCUT2D eigenvalue weighted by Crippen LogP contribution is 2.13. The first-order chi connectivity index (χ1) is 13.6. The van der Waals surface area contributed by atoms with E-state index in [0.717, 1.165) is 12.2 Å². The lowest BCUT2D eigenvalue weighted by molar-refractivity contribution is 0.102. The molecule has 8 heteroatoms. The summed E-state index contributed by atoms with van der Waals surface area (Å²) in [5.41, 5.74) is 1.55. The highest BCUT2D eigenvalue weighted by molar-refractivity contribution is 7.96. The molecule has 1 aromatic heterocycles. The lowest BCUT2D eigenvalue weighted by Gasteiger charge is -2.09. The Balaban J connectivity index is 2.02. The first kappa shape index (κ1) is 21.3. The van der Waals surface area contributed by atoms with Crippen LogP contribution < -0.4 is 15.4 Å². The molecule has 0 radical (unpaired) electrons. The maximum atomic E-state index is 13.0. The van der Waals surface area contributed by atoms with Gasteiger partial charge in [0, 0.05) is 30.4 Å². The molecule has 146 valence electrons. The van der Waals surface area contributed by atoms with Gasteiger partial charge in [-0.2, -0.15) is 0 Å². The number of aromatic nitrogens is 2. The van der Waals surface area contributed by atoms with E-state index in [4.69, 9.17) is 0 Å². The molecule has 6 nitrogen and oxygen atoms in total. The number of hydrogen-bond donors (Lipinski definition) is 3. The van der Waals surface area contributed by atoms with Crippen LogP contribution in [-0.2, 0) is 0 Å². The number of carbonyl (C=O) groups is 1. The first-order valence-corrected chi connectivity index (χ1v) is 9.73. The summed E-state index contributed by atoms with van der Waals surface area (Å²) in [6.07, 6.45) is 11.5. The fourth-order valence-electron chi connectivity index (χ4n) is 2.17. The maximum Gasteiger partial charge on any atom is 0.274 e. The Hall–Kier alpha value is -2.97. The molecule has 3 N–H and O–H groups in total. The predicted octanol–water partition coefficient (Wildman–Crippen LogP) is 4.16. The maximum absolute atomic E-state index is 13.0. The molecule has 28 heavy (non-hydrogen) atoms. The normalized spacial score (nSPS) is 11.4. The van der Waals surface area contributed by atoms with Crippen molar-refractivity contribution in [2.75, 3.05) is 23.4 Å². The minimum atomic E-state index is -0.408. The minimum Gasteiger partial charge on any atom is -0.343 e. The molecule has 0 unspecified atom stereocenters. The van der Waals surface area contributed by atoms with Crippen LogP contribution in [0.2, 0.25) is 0 Å². The van der Waals surface area contributed by atoms with Crippen LogP contribution in [0.3, 0.4) is 0 Å². The van der Waals surface area contributed by atoms with Gasteiger partial charge in [0.25, 0.3) is 5.91 Å². The largest absolute Gasteiger partial charge is 0.343 e. The molecule has 0 aliphatic carbocycles. The van der Waals surface area contributed by atoms with Crippen molar-refractivity contribution in [2.24, 2.45) is 0 Å². The van der Waals surface area contributed by atoms with E-state index in [1.807, 2.05) is 24.5 Å². The van der Waals surface area contributed by atoms with Crippen LogP contribution in [0.1, 0.15) is 16.9 Å². The van der Waals surface area contributed by atoms with Gasteiger partial charge in [-0.15, -0.1) is 0 Å². The standard InChI is InChI=1S/C20H22FN5OS/c1-3-6-16(7-4-5-12-24-28-2)25-19-13-18(22-14-23-19)20(27)26-17-10-8-15(21)9-11-17/h3-6,8-11,13-14,24H,1,7,12H2,2H3,(H,26,27)(H,22,23,25)/b5-4-,16-6+. The Morgan fingerprint density at radius 2 is 2.00 bits per heavy atom. The zero-order chi connectivity index (χ0) is 20.2. The molecule has 1 heterocycles. The van der Waals surface area contributed by atoms with Gasteiger partial charge in [0.1, 0.15) is 23.7 Å². The molecule has 0 aliphatic heterocycles. The van der Waals surface area contributed by atoms with Crippen LogP contribution >= 0.6 is 11.9 Å². The van der Waals surface area contributed by atoms with Crippen molar-refractivity contribution in [2.45, 2.75) is 6.42 Å². The van der Waals surface area contributed by atoms with E-state index in [2.05, 4.69) is 31.9 Å². The molecule has 0 saturated carbocycles. The fraction of sp³-hybridized carbons (Fsp3) is 0.150. The molecule has 2 rings (SSSR count). The number of amides is 1. The molecule has 2 aromatic rings. The topological polar surface area (TPSA) is 78.9 Å². The van der Waals surface area contributed by atoms with E-state index in [0.29, 0.717) is 17.9 Å². The van der Waals surface area contributed by atoms with E-state index in [1.165, 1.54) is 30.6 Å². The Morgan fingerprint density at radius 3 is 2.71 bits per heavy atom. The number of nitrogens with zero attached hydrogens (tertiary/aromatic N) is 2. The van der Waals surface area contributed by atoms with E-state index in [-0.39, 0.29) is 11.5 Å². The van der Waals surface area contributed by atoms with Gasteiger partial charge in [0.2, 0.25) is 0 Å². The number of allylic oxidation sites excluding steroid dienone is 3. The average Bonchev–Trinajstić information content (AvgIpc) is 2.70. The molecule has 0 atom stereocenters. The molecule has 0 spiro atoms. The number of carbonyl (C=O) groups excluding carboxylic acids is 1. The lowest BCUT2D eigenvalue weighted by atomic mass is 10.2. The monoisotopic (exact) mass is 399 g/mol. The molecule has 0 fully saturated rings. The van der Waals surface area contributed by atoms with Crippen molar-refractivity contribution in [3.63, 3.8) is 0 Å². The smallest absolute Gasteiger partial charge is 0.274 e. The van der Waals surface area contributed by atoms with Gasteiger partial charge >= 0.3 is 0 Å². The third-order valence-electron chi connectivity index (χ3n) is 3.46. The van der Waals surface area contributed by atoms with E-state index in [9.17, 15) is 9.18 Å². The van der Waals surface area contributed by atoms with Gasteiger partial charge in [0.15, 0.2) is 0 Å². The van der Waals surface area contributed by atoms with Crippen molar-refractivity contribution >= 4 is 29.4 Å². The van der Waals surface area contributed by atoms with Crippen LogP contribution in [-0.4, -0.2) is 28.7 Å². The zero-order valence-electron chi connectivity index (χ0n) is 15.5. The van der Waals surface area contributed by atoms with Gasteiger partial charge < -0.3 is 10.6 Å². The Labute approximate surface area is 168 Å². The lowest BCUT2D eigenvalue weighted by Crippen LogP contribution is -2.14. The summed E-state index contributed by atoms with van der Waals surface area (Å²) in [5, 5.41) is 5.84. The fourth-order valence-corrected chi connectivity index (χ4v) is 2.43. The number of benzene rings is 1. The molecular weight excluding hydrogens is 377 g/mol. The van der Waals surface area contributed by atoms with Crippen molar-refractivity contribution in [3.8, 4) is 0 Å². The Kier molecular flexibility index (Phi) is 8.90. The summed E-state index contributed by atoms with van der Waals surface area (Å²) < 4.78 is 16.1. The summed E-state index contributed by atoms with van der Waals surface area (Å²) in [6.45, 7) is 4.49. The van der Waals surface area contributed by atoms with E-state index in [1.54, 1.807) is 24.1 Å². The number of nitrogens with one attached hydrogen (secondary N) is 3. The molecule has 1 aromatic carbocycles. The SMILES string of the molecule is C=C/C=C(\C/C=C\CNSC)Nc1cc(C(=O)Nc2ccc(F)cc2)ncn1. The number of halogens is 1. The predicted molar refractivity (Wildman–Crippen MR) is 114 cm³/mol. The van der Waals surface area contributed by atoms with Crippen LogP contribution in [0.25, 0.3) is 0 Å². The van der Waals surface area contributed by atoms with Crippen molar-refractivity contribution in [1.29, 1.82) is 0 Å². The molecule has 0 bridgehead atoms. The molecule has 1 amide bonds. The Bertz CT molecular complexity index is 852. The number of anilines is 2. The highest BCUT2D eigenvalue weighted by atomic mass is 32.2. The van der Waals surface area contributed by atoms with Crippen molar-refractivity contribution < 1.29 is 9.18 Å². The van der Waals surface area contributed by atoms with Gasteiger partial charge in [-0.25, -0.2) is 14.4 Å². The molecular formula is C20H22FN5OS.